The molecule has 0 N–H and O–H groups in total. The molecule has 4 nitrogen and oxygen atoms in total. The van der Waals surface area contributed by atoms with Crippen LogP contribution in [0.25, 0.3) is 38.8 Å². The monoisotopic (exact) mass is 692 g/mol. The zero-order valence-electron chi connectivity index (χ0n) is 32.2. The van der Waals surface area contributed by atoms with E-state index < -0.39 is 0 Å². The van der Waals surface area contributed by atoms with Crippen LogP contribution in [0.3, 0.4) is 0 Å². The molecule has 2 aliphatic rings. The van der Waals surface area contributed by atoms with Crippen molar-refractivity contribution in [2.75, 3.05) is 0 Å². The number of aliphatic imine (C=N–C) groups is 1. The van der Waals surface area contributed by atoms with Crippen LogP contribution in [0, 0.1) is 13.8 Å². The highest BCUT2D eigenvalue weighted by Gasteiger charge is 2.43. The molecule has 7 aromatic rings. The van der Waals surface area contributed by atoms with Gasteiger partial charge in [0, 0.05) is 40.3 Å². The second kappa shape index (κ2) is 12.0. The normalized spacial score (nSPS) is 17.1. The molecule has 0 amide bonds. The third-order valence-corrected chi connectivity index (χ3v) is 11.5. The van der Waals surface area contributed by atoms with Gasteiger partial charge >= 0.3 is 0 Å². The number of hydrogen-bond donors (Lipinski definition) is 0. The molecule has 9 rings (SSSR count). The molecule has 0 spiro atoms. The van der Waals surface area contributed by atoms with Crippen molar-refractivity contribution in [3.63, 3.8) is 0 Å². The molecule has 53 heavy (non-hydrogen) atoms. The van der Waals surface area contributed by atoms with Crippen LogP contribution in [0.1, 0.15) is 98.1 Å². The van der Waals surface area contributed by atoms with Gasteiger partial charge in [0.2, 0.25) is 0 Å². The van der Waals surface area contributed by atoms with Gasteiger partial charge in [-0.25, -0.2) is 0 Å². The highest BCUT2D eigenvalue weighted by molar-refractivity contribution is 6.11. The fourth-order valence-corrected chi connectivity index (χ4v) is 8.58. The molecule has 0 radical (unpaired) electrons. The molecule has 2 aromatic heterocycles. The average molecular weight is 693 g/mol. The minimum Gasteiger partial charge on any atom is -0.342 e. The molecule has 0 unspecified atom stereocenters. The van der Waals surface area contributed by atoms with Crippen molar-refractivity contribution in [2.24, 2.45) is 4.99 Å². The molecule has 0 fully saturated rings. The van der Waals surface area contributed by atoms with Gasteiger partial charge in [-0.3, -0.25) is 9.98 Å². The van der Waals surface area contributed by atoms with Gasteiger partial charge in [-0.15, -0.1) is 0 Å². The van der Waals surface area contributed by atoms with Crippen LogP contribution >= 0.6 is 0 Å². The summed E-state index contributed by atoms with van der Waals surface area (Å²) in [5.41, 5.74) is 15.9. The molecular formula is C49H48N4. The van der Waals surface area contributed by atoms with Crippen molar-refractivity contribution in [3.05, 3.63) is 166 Å². The Labute approximate surface area is 313 Å². The minimum absolute atomic E-state index is 0.0229. The van der Waals surface area contributed by atoms with E-state index in [1.807, 2.05) is 6.20 Å². The van der Waals surface area contributed by atoms with Crippen molar-refractivity contribution in [1.29, 1.82) is 0 Å². The predicted octanol–water partition coefficient (Wildman–Crippen LogP) is 12.1. The lowest BCUT2D eigenvalue weighted by atomic mass is 9.85. The summed E-state index contributed by atoms with van der Waals surface area (Å²) in [6.45, 7) is 19.0. The van der Waals surface area contributed by atoms with Crippen LogP contribution in [0.15, 0.2) is 126 Å². The van der Waals surface area contributed by atoms with E-state index in [2.05, 4.69) is 180 Å². The van der Waals surface area contributed by atoms with Gasteiger partial charge in [-0.1, -0.05) is 108 Å². The molecule has 4 heteroatoms. The van der Waals surface area contributed by atoms with Crippen molar-refractivity contribution >= 4 is 27.6 Å². The molecule has 2 aliphatic heterocycles. The highest BCUT2D eigenvalue weighted by atomic mass is 15.3. The van der Waals surface area contributed by atoms with E-state index in [0.717, 1.165) is 29.3 Å². The standard InChI is InChI=1S/C49H48N4/c1-30-18-19-43-40(22-30)41-23-31(2)39(42-27-35(20-21-50-42)48(3,4)5)28-44(41)53(43)37-25-34(24-36(26-37)49(6,7)8)47-51-45(32-14-10-9-11-15-32)46-38-17-13-12-16-33(38)29-52(46)47/h9-28,45-46H,29H2,1-8H3/t45-,46+/m1/s1. The first-order valence-corrected chi connectivity index (χ1v) is 19.0. The quantitative estimate of drug-likeness (QED) is 0.184. The third-order valence-electron chi connectivity index (χ3n) is 11.5. The number of aromatic nitrogens is 2. The molecule has 264 valence electrons. The van der Waals surface area contributed by atoms with Gasteiger partial charge < -0.3 is 9.47 Å². The van der Waals surface area contributed by atoms with Gasteiger partial charge in [0.05, 0.1) is 22.8 Å². The summed E-state index contributed by atoms with van der Waals surface area (Å²) in [5.74, 6) is 1.07. The predicted molar refractivity (Wildman–Crippen MR) is 221 cm³/mol. The largest absolute Gasteiger partial charge is 0.342 e. The molecule has 2 atom stereocenters. The molecule has 0 aliphatic carbocycles. The number of fused-ring (bicyclic) bond motifs is 6. The summed E-state index contributed by atoms with van der Waals surface area (Å²) in [4.78, 5) is 13.1. The molecule has 0 saturated heterocycles. The lowest BCUT2D eigenvalue weighted by Gasteiger charge is -2.26. The zero-order chi connectivity index (χ0) is 36.8. The molecule has 5 aromatic carbocycles. The van der Waals surface area contributed by atoms with E-state index >= 15 is 0 Å². The molecule has 0 bridgehead atoms. The number of hydrogen-bond acceptors (Lipinski definition) is 3. The molecule has 0 saturated carbocycles. The smallest absolute Gasteiger partial charge is 0.132 e. The van der Waals surface area contributed by atoms with Gasteiger partial charge in [0.1, 0.15) is 11.9 Å². The summed E-state index contributed by atoms with van der Waals surface area (Å²) < 4.78 is 2.49. The summed E-state index contributed by atoms with van der Waals surface area (Å²) in [7, 11) is 0. The van der Waals surface area contributed by atoms with Crippen LogP contribution in [-0.4, -0.2) is 20.3 Å². The van der Waals surface area contributed by atoms with E-state index in [9.17, 15) is 0 Å². The average Bonchev–Trinajstić information content (AvgIpc) is 3.79. The first-order chi connectivity index (χ1) is 25.3. The summed E-state index contributed by atoms with van der Waals surface area (Å²) in [6.07, 6.45) is 1.96. The van der Waals surface area contributed by atoms with E-state index in [-0.39, 0.29) is 22.9 Å². The van der Waals surface area contributed by atoms with Gasteiger partial charge in [0.15, 0.2) is 0 Å². The van der Waals surface area contributed by atoms with E-state index in [1.54, 1.807) is 0 Å². The minimum atomic E-state index is -0.0788. The first-order valence-electron chi connectivity index (χ1n) is 19.0. The van der Waals surface area contributed by atoms with Gasteiger partial charge in [0.25, 0.3) is 0 Å². The van der Waals surface area contributed by atoms with Crippen molar-refractivity contribution < 1.29 is 0 Å². The maximum Gasteiger partial charge on any atom is 0.132 e. The number of rotatable bonds is 4. The SMILES string of the molecule is Cc1ccc2c(c1)c1cc(C)c(-c3cc(C(C)(C)C)ccn3)cc1n2-c1cc(C2=N[C@H](c3ccccc3)[C@@H]3c4ccccc4CN23)cc(C(C)(C)C)c1. The van der Waals surface area contributed by atoms with Crippen molar-refractivity contribution in [3.8, 4) is 16.9 Å². The highest BCUT2D eigenvalue weighted by Crippen LogP contribution is 2.49. The van der Waals surface area contributed by atoms with E-state index in [4.69, 9.17) is 9.98 Å². The van der Waals surface area contributed by atoms with Crippen LogP contribution in [0.2, 0.25) is 0 Å². The lowest BCUT2D eigenvalue weighted by molar-refractivity contribution is 0.341. The van der Waals surface area contributed by atoms with Crippen molar-refractivity contribution in [1.82, 2.24) is 14.5 Å². The van der Waals surface area contributed by atoms with Gasteiger partial charge in [-0.05, 0) is 113 Å². The Balaban J connectivity index is 1.28. The molecule has 4 heterocycles. The zero-order valence-corrected chi connectivity index (χ0v) is 32.2. The van der Waals surface area contributed by atoms with Crippen LogP contribution in [-0.2, 0) is 17.4 Å². The Hall–Kier alpha value is -5.48. The van der Waals surface area contributed by atoms with Gasteiger partial charge in [-0.2, -0.15) is 0 Å². The summed E-state index contributed by atoms with van der Waals surface area (Å²) in [5, 5.41) is 2.53. The fraction of sp³-hybridized carbons (Fsp3) is 0.265. The van der Waals surface area contributed by atoms with E-state index in [1.165, 1.54) is 66.3 Å². The van der Waals surface area contributed by atoms with Crippen molar-refractivity contribution in [2.45, 2.75) is 84.8 Å². The number of nitrogens with zero attached hydrogens (tertiary/aromatic N) is 4. The second-order valence-corrected chi connectivity index (χ2v) is 17.3. The molecular weight excluding hydrogens is 645 g/mol. The maximum atomic E-state index is 5.61. The summed E-state index contributed by atoms with van der Waals surface area (Å²) in [6, 6.07) is 43.2. The first kappa shape index (κ1) is 33.4. The number of benzene rings is 5. The third kappa shape index (κ3) is 5.58. The number of amidine groups is 1. The Bertz CT molecular complexity index is 2590. The number of aryl methyl sites for hydroxylation is 2. The Morgan fingerprint density at radius 3 is 2.17 bits per heavy atom. The Morgan fingerprint density at radius 2 is 1.40 bits per heavy atom. The van der Waals surface area contributed by atoms with E-state index in [0.29, 0.717) is 0 Å². The van der Waals surface area contributed by atoms with Crippen LogP contribution < -0.4 is 0 Å². The Morgan fingerprint density at radius 1 is 0.660 bits per heavy atom. The van der Waals surface area contributed by atoms with Crippen LogP contribution in [0.4, 0.5) is 0 Å². The lowest BCUT2D eigenvalue weighted by Crippen LogP contribution is -2.27. The Kier molecular flexibility index (Phi) is 7.57. The maximum absolute atomic E-state index is 5.61. The topological polar surface area (TPSA) is 33.4 Å². The summed E-state index contributed by atoms with van der Waals surface area (Å²) >= 11 is 0. The second-order valence-electron chi connectivity index (χ2n) is 17.3. The number of pyridine rings is 1. The van der Waals surface area contributed by atoms with Crippen LogP contribution in [0.5, 0.6) is 0 Å². The fourth-order valence-electron chi connectivity index (χ4n) is 8.58.